The lowest BCUT2D eigenvalue weighted by Gasteiger charge is -2.28. The number of ether oxygens (including phenoxy) is 1. The average Bonchev–Trinajstić information content (AvgIpc) is 2.86. The Labute approximate surface area is 224 Å². The average molecular weight is 509 g/mol. The van der Waals surface area contributed by atoms with Gasteiger partial charge in [-0.15, -0.1) is 0 Å². The summed E-state index contributed by atoms with van der Waals surface area (Å²) >= 11 is 0. The number of benzene rings is 2. The molecule has 0 heterocycles. The summed E-state index contributed by atoms with van der Waals surface area (Å²) in [7, 11) is 0. The maximum atomic E-state index is 11.5. The summed E-state index contributed by atoms with van der Waals surface area (Å²) in [5.41, 5.74) is 2.35. The van der Waals surface area contributed by atoms with Crippen molar-refractivity contribution >= 4 is 12.5 Å². The minimum atomic E-state index is -0.397. The fourth-order valence-corrected chi connectivity index (χ4v) is 4.68. The number of nitrogens with one attached hydrogen (secondary N) is 2. The van der Waals surface area contributed by atoms with Crippen LogP contribution in [-0.2, 0) is 22.4 Å². The van der Waals surface area contributed by atoms with E-state index in [1.807, 2.05) is 32.9 Å². The van der Waals surface area contributed by atoms with Crippen molar-refractivity contribution in [2.45, 2.75) is 110 Å². The van der Waals surface area contributed by atoms with E-state index < -0.39 is 5.60 Å². The van der Waals surface area contributed by atoms with Gasteiger partial charge in [-0.05, 0) is 102 Å². The highest BCUT2D eigenvalue weighted by atomic mass is 16.6. The van der Waals surface area contributed by atoms with Gasteiger partial charge in [0, 0.05) is 12.1 Å². The normalized spacial score (nSPS) is 17.3. The molecular weight excluding hydrogens is 460 g/mol. The van der Waals surface area contributed by atoms with Gasteiger partial charge in [0.05, 0.1) is 0 Å². The Balaban J connectivity index is 0.000000281. The molecule has 204 valence electrons. The largest absolute Gasteiger partial charge is 0.444 e. The number of aryl methyl sites for hydroxylation is 2. The van der Waals surface area contributed by atoms with E-state index in [9.17, 15) is 9.59 Å². The summed E-state index contributed by atoms with van der Waals surface area (Å²) in [5, 5.41) is 5.91. The molecule has 0 aromatic heterocycles. The Kier molecular flexibility index (Phi) is 13.8. The van der Waals surface area contributed by atoms with Gasteiger partial charge < -0.3 is 15.4 Å². The monoisotopic (exact) mass is 508 g/mol. The van der Waals surface area contributed by atoms with Gasteiger partial charge in [0.1, 0.15) is 5.60 Å². The standard InChI is InChI=1S/C20H25NO.C12H23NO2/c22-17-21-20(15-7-13-18-9-3-1-4-10-18)16-8-14-19-11-5-2-6-12-19;1-9-5-7-10(8-6-9)13-11(14)15-12(2,3)4/h1-6,9-12,17,20H,7-8,13-16H2,(H,21,22);9-10H,5-8H2,1-4H3,(H,13,14). The zero-order chi connectivity index (χ0) is 26.9. The van der Waals surface area contributed by atoms with E-state index >= 15 is 0 Å². The van der Waals surface area contributed by atoms with Gasteiger partial charge >= 0.3 is 6.09 Å². The second-order valence-electron chi connectivity index (χ2n) is 11.3. The molecule has 2 aromatic rings. The van der Waals surface area contributed by atoms with Crippen molar-refractivity contribution in [2.24, 2.45) is 5.92 Å². The van der Waals surface area contributed by atoms with Crippen LogP contribution < -0.4 is 10.6 Å². The highest BCUT2D eigenvalue weighted by Crippen LogP contribution is 2.23. The molecule has 0 saturated heterocycles. The number of carbonyl (C=O) groups is 2. The van der Waals surface area contributed by atoms with E-state index in [1.54, 1.807) is 0 Å². The molecular formula is C32H48N2O3. The molecule has 5 heteroatoms. The lowest BCUT2D eigenvalue weighted by molar-refractivity contribution is -0.110. The molecule has 3 rings (SSSR count). The van der Waals surface area contributed by atoms with Crippen molar-refractivity contribution in [1.29, 1.82) is 0 Å². The topological polar surface area (TPSA) is 67.4 Å². The zero-order valence-electron chi connectivity index (χ0n) is 23.4. The van der Waals surface area contributed by atoms with Crippen molar-refractivity contribution in [3.05, 3.63) is 71.8 Å². The molecule has 1 fully saturated rings. The lowest BCUT2D eigenvalue weighted by Crippen LogP contribution is -2.40. The molecule has 2 aromatic carbocycles. The molecule has 0 spiro atoms. The molecule has 37 heavy (non-hydrogen) atoms. The quantitative estimate of drug-likeness (QED) is 0.314. The van der Waals surface area contributed by atoms with E-state index in [2.05, 4.69) is 66.1 Å². The van der Waals surface area contributed by atoms with Crippen LogP contribution in [0.1, 0.15) is 90.2 Å². The number of rotatable bonds is 11. The summed E-state index contributed by atoms with van der Waals surface area (Å²) < 4.78 is 5.22. The first-order valence-electron chi connectivity index (χ1n) is 14.0. The molecule has 1 aliphatic rings. The molecule has 0 radical (unpaired) electrons. The van der Waals surface area contributed by atoms with Crippen LogP contribution in [0.3, 0.4) is 0 Å². The summed E-state index contributed by atoms with van der Waals surface area (Å²) in [5.74, 6) is 0.807. The number of carbonyl (C=O) groups excluding carboxylic acids is 2. The molecule has 0 unspecified atom stereocenters. The van der Waals surface area contributed by atoms with E-state index in [4.69, 9.17) is 4.74 Å². The first kappa shape index (κ1) is 30.4. The van der Waals surface area contributed by atoms with E-state index in [1.165, 1.54) is 24.0 Å². The highest BCUT2D eigenvalue weighted by molar-refractivity contribution is 5.68. The number of hydrogen-bond acceptors (Lipinski definition) is 3. The van der Waals surface area contributed by atoms with Crippen LogP contribution in [0.5, 0.6) is 0 Å². The van der Waals surface area contributed by atoms with Crippen LogP contribution in [-0.4, -0.2) is 30.2 Å². The summed E-state index contributed by atoms with van der Waals surface area (Å²) in [6, 6.07) is 21.7. The van der Waals surface area contributed by atoms with Crippen LogP contribution in [0.25, 0.3) is 0 Å². The predicted molar refractivity (Wildman–Crippen MR) is 153 cm³/mol. The number of hydrogen-bond donors (Lipinski definition) is 2. The third-order valence-corrected chi connectivity index (χ3v) is 6.76. The van der Waals surface area contributed by atoms with Gasteiger partial charge in [-0.25, -0.2) is 4.79 Å². The molecule has 0 atom stereocenters. The van der Waals surface area contributed by atoms with Crippen molar-refractivity contribution in [3.8, 4) is 0 Å². The van der Waals surface area contributed by atoms with E-state index in [-0.39, 0.29) is 6.09 Å². The molecule has 2 N–H and O–H groups in total. The lowest BCUT2D eigenvalue weighted by atomic mass is 9.87. The number of amides is 2. The maximum Gasteiger partial charge on any atom is 0.407 e. The Morgan fingerprint density at radius 2 is 1.38 bits per heavy atom. The summed E-state index contributed by atoms with van der Waals surface area (Å²) in [6.07, 6.45) is 11.6. The van der Waals surface area contributed by atoms with Gasteiger partial charge in [-0.1, -0.05) is 67.6 Å². The summed E-state index contributed by atoms with van der Waals surface area (Å²) in [4.78, 5) is 22.2. The molecule has 1 aliphatic carbocycles. The maximum absolute atomic E-state index is 11.5. The smallest absolute Gasteiger partial charge is 0.407 e. The first-order valence-corrected chi connectivity index (χ1v) is 14.0. The highest BCUT2D eigenvalue weighted by Gasteiger charge is 2.22. The van der Waals surface area contributed by atoms with Gasteiger partial charge in [-0.3, -0.25) is 4.79 Å². The van der Waals surface area contributed by atoms with Crippen LogP contribution >= 0.6 is 0 Å². The molecule has 2 amide bonds. The minimum absolute atomic E-state index is 0.276. The molecule has 5 nitrogen and oxygen atoms in total. The third kappa shape index (κ3) is 14.5. The Morgan fingerprint density at radius 3 is 1.81 bits per heavy atom. The van der Waals surface area contributed by atoms with Crippen LogP contribution in [0, 0.1) is 5.92 Å². The zero-order valence-corrected chi connectivity index (χ0v) is 23.4. The van der Waals surface area contributed by atoms with E-state index in [0.717, 1.165) is 63.7 Å². The fourth-order valence-electron chi connectivity index (χ4n) is 4.68. The second kappa shape index (κ2) is 16.8. The second-order valence-corrected chi connectivity index (χ2v) is 11.3. The van der Waals surface area contributed by atoms with Crippen molar-refractivity contribution in [2.75, 3.05) is 0 Å². The Morgan fingerprint density at radius 1 is 0.892 bits per heavy atom. The SMILES string of the molecule is CC1CCC(NC(=O)OC(C)(C)C)CC1.O=CNC(CCCc1ccccc1)CCCc1ccccc1. The van der Waals surface area contributed by atoms with Gasteiger partial charge in [0.2, 0.25) is 6.41 Å². The van der Waals surface area contributed by atoms with Gasteiger partial charge in [-0.2, -0.15) is 0 Å². The number of alkyl carbamates (subject to hydrolysis) is 1. The molecule has 0 bridgehead atoms. The molecule has 0 aliphatic heterocycles. The van der Waals surface area contributed by atoms with Crippen molar-refractivity contribution in [3.63, 3.8) is 0 Å². The first-order chi connectivity index (χ1) is 17.7. The fraction of sp³-hybridized carbons (Fsp3) is 0.562. The Bertz CT molecular complexity index is 826. The Hall–Kier alpha value is -2.82. The van der Waals surface area contributed by atoms with E-state index in [0.29, 0.717) is 12.1 Å². The van der Waals surface area contributed by atoms with Crippen molar-refractivity contribution in [1.82, 2.24) is 10.6 Å². The van der Waals surface area contributed by atoms with Crippen LogP contribution in [0.2, 0.25) is 0 Å². The van der Waals surface area contributed by atoms with Crippen LogP contribution in [0.4, 0.5) is 4.79 Å². The van der Waals surface area contributed by atoms with Crippen LogP contribution in [0.15, 0.2) is 60.7 Å². The minimum Gasteiger partial charge on any atom is -0.444 e. The third-order valence-electron chi connectivity index (χ3n) is 6.76. The van der Waals surface area contributed by atoms with Gasteiger partial charge in [0.15, 0.2) is 0 Å². The predicted octanol–water partition coefficient (Wildman–Crippen LogP) is 7.24. The van der Waals surface area contributed by atoms with Gasteiger partial charge in [0.25, 0.3) is 0 Å². The summed E-state index contributed by atoms with van der Waals surface area (Å²) in [6.45, 7) is 7.92. The van der Waals surface area contributed by atoms with Crippen molar-refractivity contribution < 1.29 is 14.3 Å². The molecule has 1 saturated carbocycles.